The fourth-order valence-corrected chi connectivity index (χ4v) is 4.52. The van der Waals surface area contributed by atoms with Crippen molar-refractivity contribution in [1.82, 2.24) is 19.8 Å². The van der Waals surface area contributed by atoms with Gasteiger partial charge in [0.2, 0.25) is 0 Å². The molecule has 11 heteroatoms. The number of anilines is 1. The molecule has 0 bridgehead atoms. The Hall–Kier alpha value is -3.60. The van der Waals surface area contributed by atoms with Crippen LogP contribution < -0.4 is 14.8 Å². The lowest BCUT2D eigenvalue weighted by Gasteiger charge is -2.37. The number of likely N-dealkylation sites (N-methyl/N-ethyl adjacent to an activating group) is 1. The fraction of sp³-hybridized carbons (Fsp3) is 0.423. The number of carbonyl (C=O) groups excluding carboxylic acids is 1. The van der Waals surface area contributed by atoms with Crippen LogP contribution in [0.15, 0.2) is 30.3 Å². The number of fused-ring (bicyclic) bond motifs is 1. The molecule has 0 spiro atoms. The van der Waals surface area contributed by atoms with E-state index in [1.54, 1.807) is 30.9 Å². The SMILES string of the molecule is COc1cc2nc(C)nc(NC(C)c3cccc(C(F)F)c3F)c2cc1OC(=O)N1CCN(C)CC1C. The van der Waals surface area contributed by atoms with Gasteiger partial charge in [0.25, 0.3) is 6.43 Å². The van der Waals surface area contributed by atoms with Gasteiger partial charge in [0.1, 0.15) is 17.5 Å². The van der Waals surface area contributed by atoms with E-state index in [4.69, 9.17) is 9.47 Å². The Balaban J connectivity index is 1.68. The van der Waals surface area contributed by atoms with Crippen LogP contribution in [0.5, 0.6) is 11.5 Å². The van der Waals surface area contributed by atoms with Crippen molar-refractivity contribution in [2.24, 2.45) is 0 Å². The third-order valence-electron chi connectivity index (χ3n) is 6.47. The number of rotatable bonds is 6. The minimum absolute atomic E-state index is 0.0272. The van der Waals surface area contributed by atoms with Crippen molar-refractivity contribution in [3.8, 4) is 11.5 Å². The molecule has 2 atom stereocenters. The topological polar surface area (TPSA) is 79.8 Å². The van der Waals surface area contributed by atoms with E-state index in [2.05, 4.69) is 20.2 Å². The number of carbonyl (C=O) groups is 1. The van der Waals surface area contributed by atoms with Gasteiger partial charge in [-0.1, -0.05) is 18.2 Å². The Bertz CT molecular complexity index is 1310. The zero-order valence-electron chi connectivity index (χ0n) is 21.4. The number of ether oxygens (including phenoxy) is 2. The normalized spacial score (nSPS) is 17.2. The van der Waals surface area contributed by atoms with Gasteiger partial charge in [0.15, 0.2) is 11.5 Å². The quantitative estimate of drug-likeness (QED) is 0.473. The molecule has 2 aromatic carbocycles. The van der Waals surface area contributed by atoms with Gasteiger partial charge in [-0.25, -0.2) is 27.9 Å². The van der Waals surface area contributed by atoms with Crippen molar-refractivity contribution in [3.05, 3.63) is 53.1 Å². The number of hydrogen-bond donors (Lipinski definition) is 1. The van der Waals surface area contributed by atoms with E-state index in [0.717, 1.165) is 19.2 Å². The first kappa shape index (κ1) is 26.5. The zero-order chi connectivity index (χ0) is 26.9. The summed E-state index contributed by atoms with van der Waals surface area (Å²) in [6, 6.07) is 6.40. The number of nitrogens with zero attached hydrogens (tertiary/aromatic N) is 4. The summed E-state index contributed by atoms with van der Waals surface area (Å²) in [7, 11) is 3.46. The molecular formula is C26H30F3N5O3. The van der Waals surface area contributed by atoms with E-state index in [-0.39, 0.29) is 17.4 Å². The molecule has 4 rings (SSSR count). The number of hydrogen-bond acceptors (Lipinski definition) is 7. The predicted molar refractivity (Wildman–Crippen MR) is 134 cm³/mol. The molecule has 1 saturated heterocycles. The molecule has 1 aliphatic heterocycles. The number of benzene rings is 2. The molecule has 8 nitrogen and oxygen atoms in total. The third kappa shape index (κ3) is 5.56. The minimum Gasteiger partial charge on any atom is -0.493 e. The summed E-state index contributed by atoms with van der Waals surface area (Å²) >= 11 is 0. The van der Waals surface area contributed by atoms with Gasteiger partial charge < -0.3 is 24.6 Å². The van der Waals surface area contributed by atoms with Crippen LogP contribution in [0.1, 0.15) is 43.3 Å². The highest BCUT2D eigenvalue weighted by Gasteiger charge is 2.28. The molecule has 0 saturated carbocycles. The van der Waals surface area contributed by atoms with Crippen molar-refractivity contribution >= 4 is 22.8 Å². The van der Waals surface area contributed by atoms with E-state index in [9.17, 15) is 18.0 Å². The highest BCUT2D eigenvalue weighted by molar-refractivity contribution is 5.92. The second-order valence-electron chi connectivity index (χ2n) is 9.23. The van der Waals surface area contributed by atoms with Crippen molar-refractivity contribution in [2.45, 2.75) is 39.3 Å². The van der Waals surface area contributed by atoms with Crippen molar-refractivity contribution in [2.75, 3.05) is 39.1 Å². The summed E-state index contributed by atoms with van der Waals surface area (Å²) in [5.41, 5.74) is -0.0769. The molecule has 37 heavy (non-hydrogen) atoms. The van der Waals surface area contributed by atoms with Gasteiger partial charge in [-0.05, 0) is 33.9 Å². The van der Waals surface area contributed by atoms with Crippen LogP contribution >= 0.6 is 0 Å². The van der Waals surface area contributed by atoms with Gasteiger partial charge in [-0.15, -0.1) is 0 Å². The Morgan fingerprint density at radius 2 is 1.89 bits per heavy atom. The average molecular weight is 518 g/mol. The molecule has 0 radical (unpaired) electrons. The maximum atomic E-state index is 14.8. The molecule has 1 aliphatic rings. The molecule has 0 aliphatic carbocycles. The first-order chi connectivity index (χ1) is 17.6. The van der Waals surface area contributed by atoms with Crippen LogP contribution in [-0.4, -0.2) is 65.7 Å². The van der Waals surface area contributed by atoms with Crippen LogP contribution in [0.3, 0.4) is 0 Å². The summed E-state index contributed by atoms with van der Waals surface area (Å²) in [5.74, 6) is 0.299. The van der Waals surface area contributed by atoms with Gasteiger partial charge in [-0.2, -0.15) is 0 Å². The largest absolute Gasteiger partial charge is 0.493 e. The number of alkyl halides is 2. The van der Waals surface area contributed by atoms with Gasteiger partial charge in [0.05, 0.1) is 24.2 Å². The fourth-order valence-electron chi connectivity index (χ4n) is 4.52. The van der Waals surface area contributed by atoms with Crippen molar-refractivity contribution in [1.29, 1.82) is 0 Å². The number of methoxy groups -OCH3 is 1. The summed E-state index contributed by atoms with van der Waals surface area (Å²) < 4.78 is 52.4. The number of piperazine rings is 1. The van der Waals surface area contributed by atoms with Crippen LogP contribution in [0.4, 0.5) is 23.8 Å². The molecule has 1 aromatic heterocycles. The van der Waals surface area contributed by atoms with Crippen LogP contribution in [0.2, 0.25) is 0 Å². The lowest BCUT2D eigenvalue weighted by atomic mass is 10.0. The first-order valence-corrected chi connectivity index (χ1v) is 11.9. The van der Waals surface area contributed by atoms with Crippen molar-refractivity contribution < 1.29 is 27.4 Å². The molecule has 1 fully saturated rings. The number of halogens is 3. The van der Waals surface area contributed by atoms with Gasteiger partial charge in [0, 0.05) is 42.7 Å². The monoisotopic (exact) mass is 517 g/mol. The second kappa shape index (κ2) is 10.8. The molecule has 2 unspecified atom stereocenters. The number of aromatic nitrogens is 2. The molecule has 3 aromatic rings. The molecule has 2 heterocycles. The zero-order valence-corrected chi connectivity index (χ0v) is 21.4. The summed E-state index contributed by atoms with van der Waals surface area (Å²) in [4.78, 5) is 25.7. The summed E-state index contributed by atoms with van der Waals surface area (Å²) in [6.45, 7) is 7.29. The van der Waals surface area contributed by atoms with E-state index in [0.29, 0.717) is 34.8 Å². The smallest absolute Gasteiger partial charge is 0.415 e. The first-order valence-electron chi connectivity index (χ1n) is 11.9. The Morgan fingerprint density at radius 3 is 2.57 bits per heavy atom. The maximum absolute atomic E-state index is 14.8. The highest BCUT2D eigenvalue weighted by Crippen LogP contribution is 2.36. The highest BCUT2D eigenvalue weighted by atomic mass is 19.3. The van der Waals surface area contributed by atoms with Crippen LogP contribution in [0, 0.1) is 12.7 Å². The van der Waals surface area contributed by atoms with E-state index >= 15 is 0 Å². The van der Waals surface area contributed by atoms with Crippen LogP contribution in [-0.2, 0) is 0 Å². The molecule has 1 N–H and O–H groups in total. The lowest BCUT2D eigenvalue weighted by molar-refractivity contribution is 0.0886. The van der Waals surface area contributed by atoms with E-state index in [1.807, 2.05) is 14.0 Å². The van der Waals surface area contributed by atoms with Gasteiger partial charge >= 0.3 is 6.09 Å². The molecular weight excluding hydrogens is 487 g/mol. The number of aryl methyl sites for hydroxylation is 1. The Kier molecular flexibility index (Phi) is 7.72. The standard InChI is InChI=1S/C26H30F3N5O3/c1-14-13-33(4)9-10-34(14)26(35)37-22-11-19-20(12-21(22)36-5)31-16(3)32-25(19)30-15(2)17-7-6-8-18(23(17)27)24(28)29/h6-8,11-12,14-15,24H,9-10,13H2,1-5H3,(H,30,31,32). The van der Waals surface area contributed by atoms with E-state index < -0.39 is 29.9 Å². The lowest BCUT2D eigenvalue weighted by Crippen LogP contribution is -2.53. The number of amides is 1. The Labute approximate surface area is 213 Å². The average Bonchev–Trinajstić information content (AvgIpc) is 2.83. The number of nitrogens with one attached hydrogen (secondary N) is 1. The summed E-state index contributed by atoms with van der Waals surface area (Å²) in [6.07, 6.45) is -3.43. The predicted octanol–water partition coefficient (Wildman–Crippen LogP) is 5.33. The third-order valence-corrected chi connectivity index (χ3v) is 6.47. The van der Waals surface area contributed by atoms with Crippen LogP contribution in [0.25, 0.3) is 10.9 Å². The maximum Gasteiger partial charge on any atom is 0.415 e. The minimum atomic E-state index is -2.93. The van der Waals surface area contributed by atoms with Crippen molar-refractivity contribution in [3.63, 3.8) is 0 Å². The van der Waals surface area contributed by atoms with Gasteiger partial charge in [-0.3, -0.25) is 0 Å². The molecule has 198 valence electrons. The molecule has 1 amide bonds. The Morgan fingerprint density at radius 1 is 1.16 bits per heavy atom. The summed E-state index contributed by atoms with van der Waals surface area (Å²) in [5, 5.41) is 3.61. The van der Waals surface area contributed by atoms with E-state index in [1.165, 1.54) is 19.2 Å². The second-order valence-corrected chi connectivity index (χ2v) is 9.23.